The molecular weight excluding hydrogens is 260 g/mol. The summed E-state index contributed by atoms with van der Waals surface area (Å²) < 4.78 is 0. The molecule has 4 N–H and O–H groups in total. The predicted molar refractivity (Wildman–Crippen MR) is 79.3 cm³/mol. The summed E-state index contributed by atoms with van der Waals surface area (Å²) in [4.78, 5) is 12.3. The second-order valence-corrected chi connectivity index (χ2v) is 4.84. The number of thioether (sulfide) groups is 1. The van der Waals surface area contributed by atoms with Crippen molar-refractivity contribution in [2.45, 2.75) is 4.90 Å². The Kier molecular flexibility index (Phi) is 3.97. The van der Waals surface area contributed by atoms with Crippen LogP contribution in [0.1, 0.15) is 10.4 Å². The highest BCUT2D eigenvalue weighted by Gasteiger charge is 2.10. The Morgan fingerprint density at radius 2 is 1.89 bits per heavy atom. The maximum atomic E-state index is 11.2. The van der Waals surface area contributed by atoms with Gasteiger partial charge in [0.25, 0.3) is 0 Å². The van der Waals surface area contributed by atoms with Crippen molar-refractivity contribution in [3.63, 3.8) is 0 Å². The molecule has 0 aliphatic heterocycles. The fourth-order valence-electron chi connectivity index (χ4n) is 1.68. The fraction of sp³-hybridized carbons (Fsp3) is 0.0714. The lowest BCUT2D eigenvalue weighted by Gasteiger charge is -2.10. The van der Waals surface area contributed by atoms with Gasteiger partial charge in [-0.3, -0.25) is 0 Å². The predicted octanol–water partition coefficient (Wildman–Crippen LogP) is 3.43. The molecule has 2 aromatic rings. The third-order valence-corrected chi connectivity index (χ3v) is 3.39. The van der Waals surface area contributed by atoms with E-state index in [-0.39, 0.29) is 5.56 Å². The molecule has 0 spiro atoms. The molecule has 2 rings (SSSR count). The van der Waals surface area contributed by atoms with Gasteiger partial charge in [-0.1, -0.05) is 0 Å². The van der Waals surface area contributed by atoms with Crippen LogP contribution in [-0.4, -0.2) is 17.3 Å². The normalized spacial score (nSPS) is 10.2. The lowest BCUT2D eigenvalue weighted by atomic mass is 10.1. The Balaban J connectivity index is 2.29. The van der Waals surface area contributed by atoms with Gasteiger partial charge in [-0.05, 0) is 48.7 Å². The lowest BCUT2D eigenvalue weighted by molar-refractivity contribution is 0.0698. The van der Waals surface area contributed by atoms with Crippen molar-refractivity contribution in [2.24, 2.45) is 0 Å². The molecule has 0 aromatic heterocycles. The lowest BCUT2D eigenvalue weighted by Crippen LogP contribution is -2.03. The number of nitrogens with one attached hydrogen (secondary N) is 1. The Labute approximate surface area is 115 Å². The molecule has 0 bridgehead atoms. The number of nitrogens with two attached hydrogens (primary N) is 1. The van der Waals surface area contributed by atoms with E-state index in [0.717, 1.165) is 10.6 Å². The van der Waals surface area contributed by atoms with Crippen LogP contribution in [0.5, 0.6) is 0 Å². The molecule has 2 aromatic carbocycles. The van der Waals surface area contributed by atoms with Gasteiger partial charge in [0.2, 0.25) is 0 Å². The molecule has 5 heteroatoms. The maximum absolute atomic E-state index is 11.2. The van der Waals surface area contributed by atoms with Gasteiger partial charge >= 0.3 is 5.97 Å². The molecular formula is C14H14N2O2S. The highest BCUT2D eigenvalue weighted by atomic mass is 32.2. The zero-order chi connectivity index (χ0) is 13.8. The minimum atomic E-state index is -1.00. The molecule has 98 valence electrons. The van der Waals surface area contributed by atoms with E-state index in [0.29, 0.717) is 11.4 Å². The van der Waals surface area contributed by atoms with Crippen molar-refractivity contribution < 1.29 is 9.90 Å². The van der Waals surface area contributed by atoms with Crippen LogP contribution in [0, 0.1) is 0 Å². The third kappa shape index (κ3) is 3.20. The minimum absolute atomic E-state index is 0.161. The monoisotopic (exact) mass is 274 g/mol. The van der Waals surface area contributed by atoms with E-state index in [1.165, 1.54) is 6.07 Å². The van der Waals surface area contributed by atoms with Crippen molar-refractivity contribution in [1.29, 1.82) is 0 Å². The van der Waals surface area contributed by atoms with Gasteiger partial charge in [-0.2, -0.15) is 0 Å². The van der Waals surface area contributed by atoms with E-state index in [1.807, 2.05) is 30.5 Å². The summed E-state index contributed by atoms with van der Waals surface area (Å²) in [6.45, 7) is 0. The number of aromatic carboxylic acids is 1. The SMILES string of the molecule is CSc1ccc(Nc2ccc(N)cc2C(=O)O)cc1. The smallest absolute Gasteiger partial charge is 0.337 e. The summed E-state index contributed by atoms with van der Waals surface area (Å²) in [5.74, 6) is -1.00. The first-order valence-corrected chi connectivity index (χ1v) is 6.86. The molecule has 0 radical (unpaired) electrons. The number of benzene rings is 2. The van der Waals surface area contributed by atoms with E-state index >= 15 is 0 Å². The van der Waals surface area contributed by atoms with Crippen LogP contribution < -0.4 is 11.1 Å². The van der Waals surface area contributed by atoms with E-state index in [4.69, 9.17) is 10.8 Å². The Morgan fingerprint density at radius 1 is 1.21 bits per heavy atom. The van der Waals surface area contributed by atoms with Crippen LogP contribution in [0.2, 0.25) is 0 Å². The molecule has 0 heterocycles. The quantitative estimate of drug-likeness (QED) is 0.588. The largest absolute Gasteiger partial charge is 0.478 e. The van der Waals surface area contributed by atoms with Crippen LogP contribution >= 0.6 is 11.8 Å². The second kappa shape index (κ2) is 5.67. The number of carboxylic acids is 1. The van der Waals surface area contributed by atoms with Crippen molar-refractivity contribution >= 4 is 34.8 Å². The number of rotatable bonds is 4. The summed E-state index contributed by atoms with van der Waals surface area (Å²) in [7, 11) is 0. The number of hydrogen-bond acceptors (Lipinski definition) is 4. The number of carboxylic acid groups (broad SMARTS) is 1. The molecule has 0 saturated heterocycles. The van der Waals surface area contributed by atoms with E-state index in [2.05, 4.69) is 5.32 Å². The number of hydrogen-bond donors (Lipinski definition) is 3. The molecule has 0 saturated carbocycles. The van der Waals surface area contributed by atoms with Gasteiger partial charge in [-0.25, -0.2) is 4.79 Å². The van der Waals surface area contributed by atoms with Crippen LogP contribution in [-0.2, 0) is 0 Å². The zero-order valence-electron chi connectivity index (χ0n) is 10.4. The van der Waals surface area contributed by atoms with Gasteiger partial charge < -0.3 is 16.2 Å². The van der Waals surface area contributed by atoms with Gasteiger partial charge in [0.1, 0.15) is 0 Å². The van der Waals surface area contributed by atoms with E-state index < -0.39 is 5.97 Å². The van der Waals surface area contributed by atoms with Crippen LogP contribution in [0.15, 0.2) is 47.4 Å². The van der Waals surface area contributed by atoms with Gasteiger partial charge in [0, 0.05) is 16.3 Å². The molecule has 0 aliphatic rings. The molecule has 0 unspecified atom stereocenters. The summed E-state index contributed by atoms with van der Waals surface area (Å²) in [6, 6.07) is 12.6. The summed E-state index contributed by atoms with van der Waals surface area (Å²) in [6.07, 6.45) is 2.00. The molecule has 0 fully saturated rings. The first-order chi connectivity index (χ1) is 9.10. The van der Waals surface area contributed by atoms with Crippen LogP contribution in [0.25, 0.3) is 0 Å². The highest BCUT2D eigenvalue weighted by molar-refractivity contribution is 7.98. The average molecular weight is 274 g/mol. The molecule has 19 heavy (non-hydrogen) atoms. The Bertz CT molecular complexity index is 597. The molecule has 0 atom stereocenters. The first kappa shape index (κ1) is 13.3. The van der Waals surface area contributed by atoms with Crippen molar-refractivity contribution in [1.82, 2.24) is 0 Å². The van der Waals surface area contributed by atoms with E-state index in [9.17, 15) is 4.79 Å². The summed E-state index contributed by atoms with van der Waals surface area (Å²) in [5.41, 5.74) is 7.56. The zero-order valence-corrected chi connectivity index (χ0v) is 11.2. The molecule has 4 nitrogen and oxygen atoms in total. The van der Waals surface area contributed by atoms with E-state index in [1.54, 1.807) is 23.9 Å². The average Bonchev–Trinajstić information content (AvgIpc) is 2.41. The van der Waals surface area contributed by atoms with Gasteiger partial charge in [0.15, 0.2) is 0 Å². The maximum Gasteiger partial charge on any atom is 0.337 e. The first-order valence-electron chi connectivity index (χ1n) is 5.64. The number of anilines is 3. The molecule has 0 aliphatic carbocycles. The van der Waals surface area contributed by atoms with Crippen LogP contribution in [0.3, 0.4) is 0 Å². The van der Waals surface area contributed by atoms with Crippen molar-refractivity contribution in [3.8, 4) is 0 Å². The highest BCUT2D eigenvalue weighted by Crippen LogP contribution is 2.25. The minimum Gasteiger partial charge on any atom is -0.478 e. The summed E-state index contributed by atoms with van der Waals surface area (Å²) >= 11 is 1.66. The standard InChI is InChI=1S/C14H14N2O2S/c1-19-11-5-3-10(4-6-11)16-13-7-2-9(15)8-12(13)14(17)18/h2-8,16H,15H2,1H3,(H,17,18). The van der Waals surface area contributed by atoms with Crippen LogP contribution in [0.4, 0.5) is 17.1 Å². The fourth-order valence-corrected chi connectivity index (χ4v) is 2.09. The molecule has 0 amide bonds. The Morgan fingerprint density at radius 3 is 2.47 bits per heavy atom. The summed E-state index contributed by atoms with van der Waals surface area (Å²) in [5, 5.41) is 12.2. The third-order valence-electron chi connectivity index (χ3n) is 2.64. The van der Waals surface area contributed by atoms with Gasteiger partial charge in [-0.15, -0.1) is 11.8 Å². The van der Waals surface area contributed by atoms with Crippen molar-refractivity contribution in [2.75, 3.05) is 17.3 Å². The second-order valence-electron chi connectivity index (χ2n) is 3.96. The Hall–Kier alpha value is -2.14. The number of nitrogen functional groups attached to an aromatic ring is 1. The van der Waals surface area contributed by atoms with Gasteiger partial charge in [0.05, 0.1) is 11.3 Å². The number of carbonyl (C=O) groups is 1. The van der Waals surface area contributed by atoms with Crippen molar-refractivity contribution in [3.05, 3.63) is 48.0 Å². The topological polar surface area (TPSA) is 75.3 Å².